The monoisotopic (exact) mass is 449 g/mol. The number of esters is 1. The van der Waals surface area contributed by atoms with Gasteiger partial charge in [-0.3, -0.25) is 0 Å². The molecule has 1 atom stereocenters. The molecule has 0 aliphatic carbocycles. The molecule has 0 amide bonds. The summed E-state index contributed by atoms with van der Waals surface area (Å²) in [6, 6.07) is 27.9. The first-order valence-corrected chi connectivity index (χ1v) is 10.8. The van der Waals surface area contributed by atoms with Gasteiger partial charge in [0.25, 0.3) is 0 Å². The second kappa shape index (κ2) is 10.4. The first kappa shape index (κ1) is 22.6. The average molecular weight is 450 g/mol. The molecule has 2 N–H and O–H groups in total. The van der Waals surface area contributed by atoms with E-state index in [0.717, 1.165) is 16.7 Å². The predicted octanol–water partition coefficient (Wildman–Crippen LogP) is 4.77. The first-order chi connectivity index (χ1) is 16.5. The molecule has 0 radical (unpaired) electrons. The second-order valence-electron chi connectivity index (χ2n) is 7.75. The maximum absolute atomic E-state index is 13.4. The van der Waals surface area contributed by atoms with Crippen molar-refractivity contribution in [2.45, 2.75) is 13.5 Å². The summed E-state index contributed by atoms with van der Waals surface area (Å²) in [6.07, 6.45) is 0. The molecule has 0 saturated heterocycles. The number of carboxylic acids is 1. The minimum absolute atomic E-state index is 0.0229. The Labute approximate surface area is 198 Å². The number of dihydropyridines is 1. The lowest BCUT2D eigenvalue weighted by molar-refractivity contribution is -0.140. The number of nitrogens with one attached hydrogen (secondary N) is 1. The first-order valence-electron chi connectivity index (χ1n) is 10.8. The zero-order chi connectivity index (χ0) is 23.9. The highest BCUT2D eigenvalue weighted by Gasteiger charge is 2.37. The van der Waals surface area contributed by atoms with E-state index in [2.05, 4.69) is 17.2 Å². The maximum atomic E-state index is 13.4. The van der Waals surface area contributed by atoms with E-state index in [4.69, 9.17) is 4.74 Å². The van der Waals surface area contributed by atoms with E-state index in [-0.39, 0.29) is 17.8 Å². The summed E-state index contributed by atoms with van der Waals surface area (Å²) in [5.74, 6) is 3.34. The largest absolute Gasteiger partial charge is 0.478 e. The molecule has 34 heavy (non-hydrogen) atoms. The number of carboxylic acid groups (broad SMARTS) is 1. The predicted molar refractivity (Wildman–Crippen MR) is 130 cm³/mol. The van der Waals surface area contributed by atoms with Crippen LogP contribution in [-0.2, 0) is 20.9 Å². The Balaban J connectivity index is 1.81. The van der Waals surface area contributed by atoms with Gasteiger partial charge in [-0.2, -0.15) is 0 Å². The Hall–Kier alpha value is -4.56. The van der Waals surface area contributed by atoms with Gasteiger partial charge < -0.3 is 15.2 Å². The Morgan fingerprint density at radius 3 is 2.09 bits per heavy atom. The van der Waals surface area contributed by atoms with Gasteiger partial charge in [-0.05, 0) is 30.2 Å². The van der Waals surface area contributed by atoms with Crippen LogP contribution in [0.25, 0.3) is 5.70 Å². The molecule has 168 valence electrons. The van der Waals surface area contributed by atoms with Gasteiger partial charge in [-0.15, -0.1) is 0 Å². The Morgan fingerprint density at radius 1 is 0.882 bits per heavy atom. The van der Waals surface area contributed by atoms with E-state index in [9.17, 15) is 14.7 Å². The number of carbonyl (C=O) groups is 2. The fourth-order valence-corrected chi connectivity index (χ4v) is 3.79. The van der Waals surface area contributed by atoms with Crippen molar-refractivity contribution in [1.29, 1.82) is 0 Å². The molecular weight excluding hydrogens is 426 g/mol. The summed E-state index contributed by atoms with van der Waals surface area (Å²) < 4.78 is 5.64. The van der Waals surface area contributed by atoms with Crippen LogP contribution in [0.2, 0.25) is 0 Å². The molecule has 0 saturated carbocycles. The van der Waals surface area contributed by atoms with E-state index in [1.54, 1.807) is 6.92 Å². The molecule has 1 unspecified atom stereocenters. The summed E-state index contributed by atoms with van der Waals surface area (Å²) >= 11 is 0. The third-order valence-corrected chi connectivity index (χ3v) is 5.42. The number of aliphatic carboxylic acids is 1. The summed E-state index contributed by atoms with van der Waals surface area (Å²) in [5, 5.41) is 13.1. The SMILES string of the molecule is CC1=C(C(=O)O)C(C#Cc2ccccc2)C(C(=O)OCc2ccccc2)=C(c2ccccc2)N1. The number of rotatable bonds is 5. The second-order valence-corrected chi connectivity index (χ2v) is 7.75. The molecule has 1 aliphatic rings. The topological polar surface area (TPSA) is 75.6 Å². The highest BCUT2D eigenvalue weighted by molar-refractivity contribution is 6.04. The summed E-state index contributed by atoms with van der Waals surface area (Å²) in [6.45, 7) is 1.74. The van der Waals surface area contributed by atoms with Crippen molar-refractivity contribution in [3.8, 4) is 11.8 Å². The normalized spacial score (nSPS) is 15.1. The summed E-state index contributed by atoms with van der Waals surface area (Å²) in [4.78, 5) is 25.7. The van der Waals surface area contributed by atoms with Gasteiger partial charge >= 0.3 is 11.9 Å². The van der Waals surface area contributed by atoms with Crippen LogP contribution in [0, 0.1) is 17.8 Å². The number of ether oxygens (including phenoxy) is 1. The van der Waals surface area contributed by atoms with Crippen LogP contribution in [-0.4, -0.2) is 17.0 Å². The summed E-state index contributed by atoms with van der Waals surface area (Å²) in [7, 11) is 0. The molecule has 0 bridgehead atoms. The van der Waals surface area contributed by atoms with Crippen LogP contribution in [0.5, 0.6) is 0 Å². The molecule has 5 heteroatoms. The smallest absolute Gasteiger partial charge is 0.338 e. The van der Waals surface area contributed by atoms with Crippen molar-refractivity contribution in [3.63, 3.8) is 0 Å². The molecule has 4 rings (SSSR count). The van der Waals surface area contributed by atoms with E-state index in [1.165, 1.54) is 0 Å². The van der Waals surface area contributed by atoms with Crippen molar-refractivity contribution in [2.75, 3.05) is 0 Å². The number of allylic oxidation sites excluding steroid dienone is 1. The van der Waals surface area contributed by atoms with Gasteiger partial charge in [-0.1, -0.05) is 90.7 Å². The van der Waals surface area contributed by atoms with Crippen LogP contribution >= 0.6 is 0 Å². The Morgan fingerprint density at radius 2 is 1.47 bits per heavy atom. The lowest BCUT2D eigenvalue weighted by Gasteiger charge is -2.28. The molecule has 3 aromatic rings. The molecular formula is C29H23NO4. The van der Waals surface area contributed by atoms with Gasteiger partial charge in [0, 0.05) is 11.3 Å². The van der Waals surface area contributed by atoms with Crippen molar-refractivity contribution < 1.29 is 19.4 Å². The molecule has 1 aliphatic heterocycles. The third kappa shape index (κ3) is 5.08. The molecule has 0 aromatic heterocycles. The number of benzene rings is 3. The number of hydrogen-bond acceptors (Lipinski definition) is 4. The van der Waals surface area contributed by atoms with Gasteiger partial charge in [0.15, 0.2) is 0 Å². The van der Waals surface area contributed by atoms with Crippen LogP contribution in [0.3, 0.4) is 0 Å². The minimum atomic E-state index is -1.14. The number of hydrogen-bond donors (Lipinski definition) is 2. The molecule has 1 heterocycles. The molecule has 0 fully saturated rings. The van der Waals surface area contributed by atoms with Crippen molar-refractivity contribution in [3.05, 3.63) is 125 Å². The van der Waals surface area contributed by atoms with Crippen LogP contribution in [0.15, 0.2) is 108 Å². The highest BCUT2D eigenvalue weighted by Crippen LogP contribution is 2.34. The average Bonchev–Trinajstić information content (AvgIpc) is 2.87. The lowest BCUT2D eigenvalue weighted by Crippen LogP contribution is -2.32. The van der Waals surface area contributed by atoms with E-state index in [0.29, 0.717) is 11.4 Å². The number of carbonyl (C=O) groups excluding carboxylic acids is 1. The van der Waals surface area contributed by atoms with Gasteiger partial charge in [0.2, 0.25) is 0 Å². The van der Waals surface area contributed by atoms with Crippen molar-refractivity contribution >= 4 is 17.6 Å². The van der Waals surface area contributed by atoms with E-state index in [1.807, 2.05) is 91.0 Å². The van der Waals surface area contributed by atoms with Gasteiger partial charge in [-0.25, -0.2) is 9.59 Å². The zero-order valence-electron chi connectivity index (χ0n) is 18.6. The zero-order valence-corrected chi connectivity index (χ0v) is 18.6. The van der Waals surface area contributed by atoms with Gasteiger partial charge in [0.05, 0.1) is 22.8 Å². The quantitative estimate of drug-likeness (QED) is 0.434. The lowest BCUT2D eigenvalue weighted by atomic mass is 9.84. The Kier molecular flexibility index (Phi) is 6.90. The molecule has 3 aromatic carbocycles. The highest BCUT2D eigenvalue weighted by atomic mass is 16.5. The maximum Gasteiger partial charge on any atom is 0.338 e. The fourth-order valence-electron chi connectivity index (χ4n) is 3.79. The fraction of sp³-hybridized carbons (Fsp3) is 0.103. The minimum Gasteiger partial charge on any atom is -0.478 e. The molecule has 5 nitrogen and oxygen atoms in total. The van der Waals surface area contributed by atoms with E-state index >= 15 is 0 Å². The molecule has 0 spiro atoms. The standard InChI is InChI=1S/C29H23NO4/c1-20-25(28(31)32)24(18-17-21-11-5-2-6-12-21)26(27(30-20)23-15-9-4-10-16-23)29(33)34-19-22-13-7-3-8-14-22/h2-16,24,30H,19H2,1H3,(H,31,32). The van der Waals surface area contributed by atoms with Crippen molar-refractivity contribution in [1.82, 2.24) is 5.32 Å². The van der Waals surface area contributed by atoms with E-state index < -0.39 is 17.9 Å². The third-order valence-electron chi connectivity index (χ3n) is 5.42. The van der Waals surface area contributed by atoms with Crippen molar-refractivity contribution in [2.24, 2.45) is 5.92 Å². The van der Waals surface area contributed by atoms with Crippen LogP contribution in [0.4, 0.5) is 0 Å². The van der Waals surface area contributed by atoms with Crippen LogP contribution < -0.4 is 5.32 Å². The van der Waals surface area contributed by atoms with Gasteiger partial charge in [0.1, 0.15) is 6.61 Å². The Bertz CT molecular complexity index is 1310. The summed E-state index contributed by atoms with van der Waals surface area (Å²) in [5.41, 5.74) is 3.42. The van der Waals surface area contributed by atoms with Crippen LogP contribution in [0.1, 0.15) is 23.6 Å².